The maximum Gasteiger partial charge on any atom is 0.273 e. The zero-order chi connectivity index (χ0) is 16.8. The molecule has 0 aliphatic rings. The molecule has 0 radical (unpaired) electrons. The number of nitrogens with two attached hydrogens (primary N) is 1. The van der Waals surface area contributed by atoms with Crippen LogP contribution in [-0.4, -0.2) is 17.4 Å². The van der Waals surface area contributed by atoms with Crippen molar-refractivity contribution >= 4 is 5.91 Å². The van der Waals surface area contributed by atoms with Gasteiger partial charge in [-0.3, -0.25) is 4.79 Å². The second kappa shape index (κ2) is 7.87. The number of nitrogens with one attached hydrogen (secondary N) is 1. The third-order valence-corrected chi connectivity index (χ3v) is 3.91. The minimum Gasteiger partial charge on any atom is -0.446 e. The van der Waals surface area contributed by atoms with Gasteiger partial charge in [-0.15, -0.1) is 0 Å². The zero-order valence-corrected chi connectivity index (χ0v) is 13.4. The van der Waals surface area contributed by atoms with Gasteiger partial charge < -0.3 is 15.5 Å². The van der Waals surface area contributed by atoms with Crippen LogP contribution in [-0.2, 0) is 6.42 Å². The fraction of sp³-hybridized carbons (Fsp3) is 0.412. The highest BCUT2D eigenvalue weighted by Crippen LogP contribution is 2.21. The van der Waals surface area contributed by atoms with Crippen molar-refractivity contribution in [1.29, 1.82) is 0 Å². The van der Waals surface area contributed by atoms with E-state index in [4.69, 9.17) is 10.2 Å². The van der Waals surface area contributed by atoms with Crippen LogP contribution in [0.1, 0.15) is 48.3 Å². The van der Waals surface area contributed by atoms with Gasteiger partial charge in [0.1, 0.15) is 12.1 Å². The molecule has 23 heavy (non-hydrogen) atoms. The fourth-order valence-corrected chi connectivity index (χ4v) is 2.10. The van der Waals surface area contributed by atoms with Crippen LogP contribution in [0.25, 0.3) is 0 Å². The predicted molar refractivity (Wildman–Crippen MR) is 85.3 cm³/mol. The summed E-state index contributed by atoms with van der Waals surface area (Å²) in [5.74, 6) is 0.0232. The van der Waals surface area contributed by atoms with E-state index >= 15 is 0 Å². The molecule has 0 bridgehead atoms. The van der Waals surface area contributed by atoms with Gasteiger partial charge in [0, 0.05) is 6.54 Å². The van der Waals surface area contributed by atoms with E-state index in [1.807, 2.05) is 13.8 Å². The molecule has 0 fully saturated rings. The van der Waals surface area contributed by atoms with Crippen molar-refractivity contribution in [3.05, 3.63) is 53.5 Å². The number of benzene rings is 1. The summed E-state index contributed by atoms with van der Waals surface area (Å²) in [5.41, 5.74) is 7.20. The molecule has 0 saturated carbocycles. The first-order valence-corrected chi connectivity index (χ1v) is 7.75. The van der Waals surface area contributed by atoms with Crippen molar-refractivity contribution in [3.63, 3.8) is 0 Å². The third kappa shape index (κ3) is 4.63. The number of hydrogen-bond donors (Lipinski definition) is 2. The van der Waals surface area contributed by atoms with Crippen molar-refractivity contribution in [2.24, 2.45) is 11.7 Å². The van der Waals surface area contributed by atoms with Crippen LogP contribution >= 0.6 is 0 Å². The van der Waals surface area contributed by atoms with Gasteiger partial charge in [0.05, 0.1) is 6.04 Å². The molecule has 5 nitrogen and oxygen atoms in total. The summed E-state index contributed by atoms with van der Waals surface area (Å²) < 4.78 is 18.1. The lowest BCUT2D eigenvalue weighted by Gasteiger charge is -2.13. The van der Waals surface area contributed by atoms with Crippen LogP contribution in [0, 0.1) is 11.7 Å². The molecule has 0 aliphatic carbocycles. The number of nitrogens with zero attached hydrogens (tertiary/aromatic N) is 1. The molecule has 2 aromatic rings. The lowest BCUT2D eigenvalue weighted by Crippen LogP contribution is -2.26. The molecule has 124 valence electrons. The summed E-state index contributed by atoms with van der Waals surface area (Å²) in [6, 6.07) is 5.87. The topological polar surface area (TPSA) is 81.1 Å². The van der Waals surface area contributed by atoms with Crippen molar-refractivity contribution in [2.45, 2.75) is 32.7 Å². The predicted octanol–water partition coefficient (Wildman–Crippen LogP) is 2.83. The van der Waals surface area contributed by atoms with Crippen LogP contribution < -0.4 is 11.1 Å². The Morgan fingerprint density at radius 3 is 2.74 bits per heavy atom. The Labute approximate surface area is 135 Å². The van der Waals surface area contributed by atoms with Crippen LogP contribution in [0.5, 0.6) is 0 Å². The quantitative estimate of drug-likeness (QED) is 0.822. The standard InChI is InChI=1S/C17H22FN3O2/c1-3-11(2)15(19)17-21-14(10-23-17)16(22)20-9-8-12-4-6-13(18)7-5-12/h4-7,10-11,15H,3,8-9,19H2,1-2H3,(H,20,22). The van der Waals surface area contributed by atoms with Gasteiger partial charge in [-0.1, -0.05) is 32.4 Å². The van der Waals surface area contributed by atoms with E-state index in [1.54, 1.807) is 12.1 Å². The molecular weight excluding hydrogens is 297 g/mol. The smallest absolute Gasteiger partial charge is 0.273 e. The van der Waals surface area contributed by atoms with Crippen molar-refractivity contribution in [3.8, 4) is 0 Å². The van der Waals surface area contributed by atoms with Crippen LogP contribution in [0.3, 0.4) is 0 Å². The largest absolute Gasteiger partial charge is 0.446 e. The van der Waals surface area contributed by atoms with Crippen LogP contribution in [0.4, 0.5) is 4.39 Å². The van der Waals surface area contributed by atoms with Gasteiger partial charge in [0.25, 0.3) is 5.91 Å². The summed E-state index contributed by atoms with van der Waals surface area (Å²) in [7, 11) is 0. The van der Waals surface area contributed by atoms with Gasteiger partial charge in [-0.05, 0) is 30.0 Å². The average molecular weight is 319 g/mol. The lowest BCUT2D eigenvalue weighted by atomic mass is 10.0. The number of rotatable bonds is 7. The summed E-state index contributed by atoms with van der Waals surface area (Å²) in [5, 5.41) is 2.76. The molecule has 0 spiro atoms. The number of aromatic nitrogens is 1. The van der Waals surface area contributed by atoms with E-state index in [-0.39, 0.29) is 29.4 Å². The Kier molecular flexibility index (Phi) is 5.87. The van der Waals surface area contributed by atoms with Crippen LogP contribution in [0.15, 0.2) is 34.9 Å². The Bertz CT molecular complexity index is 640. The summed E-state index contributed by atoms with van der Waals surface area (Å²) >= 11 is 0. The Morgan fingerprint density at radius 2 is 2.09 bits per heavy atom. The zero-order valence-electron chi connectivity index (χ0n) is 13.4. The maximum absolute atomic E-state index is 12.8. The maximum atomic E-state index is 12.8. The van der Waals surface area contributed by atoms with E-state index < -0.39 is 0 Å². The normalized spacial score (nSPS) is 13.6. The highest BCUT2D eigenvalue weighted by Gasteiger charge is 2.20. The molecule has 1 aromatic carbocycles. The minimum atomic E-state index is -0.319. The van der Waals surface area contributed by atoms with E-state index in [0.29, 0.717) is 18.9 Å². The third-order valence-electron chi connectivity index (χ3n) is 3.91. The minimum absolute atomic E-state index is 0.220. The molecule has 1 heterocycles. The molecule has 3 N–H and O–H groups in total. The molecule has 1 aromatic heterocycles. The second-order valence-electron chi connectivity index (χ2n) is 5.61. The first-order valence-electron chi connectivity index (χ1n) is 7.75. The van der Waals surface area contributed by atoms with Gasteiger partial charge >= 0.3 is 0 Å². The summed E-state index contributed by atoms with van der Waals surface area (Å²) in [6.45, 7) is 4.48. The van der Waals surface area contributed by atoms with Crippen LogP contribution in [0.2, 0.25) is 0 Å². The number of oxazole rings is 1. The number of carbonyl (C=O) groups is 1. The number of halogens is 1. The van der Waals surface area contributed by atoms with E-state index in [1.165, 1.54) is 18.4 Å². The van der Waals surface area contributed by atoms with Gasteiger partial charge in [-0.25, -0.2) is 9.37 Å². The van der Waals surface area contributed by atoms with E-state index in [2.05, 4.69) is 10.3 Å². The Morgan fingerprint density at radius 1 is 1.39 bits per heavy atom. The van der Waals surface area contributed by atoms with Crippen molar-refractivity contribution < 1.29 is 13.6 Å². The molecule has 2 unspecified atom stereocenters. The second-order valence-corrected chi connectivity index (χ2v) is 5.61. The number of carbonyl (C=O) groups excluding carboxylic acids is 1. The van der Waals surface area contributed by atoms with Gasteiger partial charge in [0.2, 0.25) is 5.89 Å². The molecule has 2 atom stereocenters. The first-order chi connectivity index (χ1) is 11.0. The summed E-state index contributed by atoms with van der Waals surface area (Å²) in [4.78, 5) is 16.2. The van der Waals surface area contributed by atoms with Gasteiger partial charge in [-0.2, -0.15) is 0 Å². The first kappa shape index (κ1) is 17.1. The molecule has 6 heteroatoms. The number of hydrogen-bond acceptors (Lipinski definition) is 4. The summed E-state index contributed by atoms with van der Waals surface area (Å²) in [6.07, 6.45) is 2.84. The monoisotopic (exact) mass is 319 g/mol. The lowest BCUT2D eigenvalue weighted by molar-refractivity contribution is 0.0949. The SMILES string of the molecule is CCC(C)C(N)c1nc(C(=O)NCCc2ccc(F)cc2)co1. The van der Waals surface area contributed by atoms with E-state index in [0.717, 1.165) is 12.0 Å². The molecule has 2 rings (SSSR count). The highest BCUT2D eigenvalue weighted by molar-refractivity contribution is 5.91. The van der Waals surface area contributed by atoms with Crippen molar-refractivity contribution in [2.75, 3.05) is 6.54 Å². The average Bonchev–Trinajstić information content (AvgIpc) is 3.05. The fourth-order valence-electron chi connectivity index (χ4n) is 2.10. The molecule has 0 aliphatic heterocycles. The molecule has 1 amide bonds. The Balaban J connectivity index is 1.86. The van der Waals surface area contributed by atoms with E-state index in [9.17, 15) is 9.18 Å². The molecular formula is C17H22FN3O2. The molecule has 0 saturated heterocycles. The van der Waals surface area contributed by atoms with Gasteiger partial charge in [0.15, 0.2) is 5.69 Å². The Hall–Kier alpha value is -2.21. The highest BCUT2D eigenvalue weighted by atomic mass is 19.1. The van der Waals surface area contributed by atoms with Crippen molar-refractivity contribution in [1.82, 2.24) is 10.3 Å². The number of amides is 1.